The number of quaternary nitrogens is 1. The van der Waals surface area contributed by atoms with Crippen molar-refractivity contribution in [2.75, 3.05) is 6.61 Å². The first-order valence-corrected chi connectivity index (χ1v) is 6.19. The summed E-state index contributed by atoms with van der Waals surface area (Å²) in [6.07, 6.45) is 6.23. The maximum Gasteiger partial charge on any atom is 0.0596 e. The van der Waals surface area contributed by atoms with Gasteiger partial charge >= 0.3 is 0 Å². The van der Waals surface area contributed by atoms with Crippen LogP contribution >= 0.6 is 7.82 Å². The van der Waals surface area contributed by atoms with E-state index in [-0.39, 0.29) is 12.8 Å². The summed E-state index contributed by atoms with van der Waals surface area (Å²) < 4.78 is 14.1. The molecule has 0 saturated carbocycles. The molecule has 0 amide bonds. The summed E-state index contributed by atoms with van der Waals surface area (Å²) >= 11 is 0. The normalized spacial score (nSPS) is 11.1. The molecule has 14 heavy (non-hydrogen) atoms. The Morgan fingerprint density at radius 3 is 2.07 bits per heavy atom. The van der Waals surface area contributed by atoms with Gasteiger partial charge in [-0.2, -0.15) is 0 Å². The molecule has 5 nitrogen and oxygen atoms in total. The average molecular weight is 226 g/mol. The molecule has 0 aromatic carbocycles. The molecular weight excluding hydrogens is 205 g/mol. The van der Waals surface area contributed by atoms with Gasteiger partial charge < -0.3 is 25.0 Å². The van der Waals surface area contributed by atoms with Crippen LogP contribution in [0.4, 0.5) is 0 Å². The summed E-state index contributed by atoms with van der Waals surface area (Å²) in [5.74, 6) is 0. The van der Waals surface area contributed by atoms with Gasteiger partial charge in [0.05, 0.1) is 14.4 Å². The summed E-state index contributed by atoms with van der Waals surface area (Å²) in [6.45, 7) is 2.17. The highest BCUT2D eigenvalue weighted by Crippen LogP contribution is 2.24. The third-order valence-electron chi connectivity index (χ3n) is 1.75. The van der Waals surface area contributed by atoms with Gasteiger partial charge in [-0.1, -0.05) is 39.0 Å². The second-order valence-electron chi connectivity index (χ2n) is 3.05. The molecule has 4 N–H and O–H groups in total. The lowest BCUT2D eigenvalue weighted by atomic mass is 10.1. The van der Waals surface area contributed by atoms with Crippen LogP contribution in [-0.4, -0.2) is 6.61 Å². The first-order valence-electron chi connectivity index (χ1n) is 4.73. The number of rotatable bonds is 8. The van der Waals surface area contributed by atoms with Crippen LogP contribution in [0, 0.1) is 0 Å². The van der Waals surface area contributed by atoms with E-state index in [0.29, 0.717) is 6.42 Å². The van der Waals surface area contributed by atoms with Crippen molar-refractivity contribution < 1.29 is 18.9 Å². The Labute approximate surface area is 85.7 Å². The first-order chi connectivity index (χ1) is 6.06. The Balaban J connectivity index is 0. The zero-order valence-corrected chi connectivity index (χ0v) is 9.92. The fourth-order valence-electron chi connectivity index (χ4n) is 1.06. The maximum absolute atomic E-state index is 10.0. The average Bonchev–Trinajstić information content (AvgIpc) is 2.01. The van der Waals surface area contributed by atoms with E-state index in [9.17, 15) is 14.4 Å². The highest BCUT2D eigenvalue weighted by atomic mass is 31.2. The van der Waals surface area contributed by atoms with E-state index in [0.717, 1.165) is 12.8 Å². The van der Waals surface area contributed by atoms with Crippen LogP contribution in [0.25, 0.3) is 0 Å². The highest BCUT2D eigenvalue weighted by Gasteiger charge is 1.92. The van der Waals surface area contributed by atoms with Gasteiger partial charge in [0, 0.05) is 0 Å². The van der Waals surface area contributed by atoms with Gasteiger partial charge in [-0.15, -0.1) is 0 Å². The van der Waals surface area contributed by atoms with Gasteiger partial charge in [-0.3, -0.25) is 0 Å². The van der Waals surface area contributed by atoms with Crippen LogP contribution in [0.1, 0.15) is 45.4 Å². The van der Waals surface area contributed by atoms with Crippen molar-refractivity contribution in [1.29, 1.82) is 0 Å². The number of hydrogen-bond acceptors (Lipinski definition) is 4. The minimum atomic E-state index is -4.73. The molecular formula is C8H21NO4P-. The summed E-state index contributed by atoms with van der Waals surface area (Å²) in [5, 5.41) is 0. The molecule has 0 aromatic rings. The van der Waals surface area contributed by atoms with Crippen LogP contribution < -0.4 is 15.9 Å². The summed E-state index contributed by atoms with van der Waals surface area (Å²) in [6, 6.07) is 0. The fourth-order valence-corrected chi connectivity index (χ4v) is 1.41. The van der Waals surface area contributed by atoms with E-state index in [1.165, 1.54) is 19.3 Å². The Morgan fingerprint density at radius 1 is 1.07 bits per heavy atom. The van der Waals surface area contributed by atoms with Crippen LogP contribution in [0.5, 0.6) is 0 Å². The van der Waals surface area contributed by atoms with Gasteiger partial charge in [0.25, 0.3) is 0 Å². The Hall–Kier alpha value is 0.0700. The SMILES string of the molecule is CCCCCCCCOP(=O)([O-])[O-].[NH4+]. The van der Waals surface area contributed by atoms with Gasteiger partial charge in [0.15, 0.2) is 0 Å². The third-order valence-corrected chi connectivity index (χ3v) is 2.25. The molecule has 0 saturated heterocycles. The van der Waals surface area contributed by atoms with Crippen LogP contribution in [0.2, 0.25) is 0 Å². The molecule has 0 bridgehead atoms. The minimum Gasteiger partial charge on any atom is -0.790 e. The van der Waals surface area contributed by atoms with Gasteiger partial charge in [-0.25, -0.2) is 0 Å². The fraction of sp³-hybridized carbons (Fsp3) is 1.00. The van der Waals surface area contributed by atoms with E-state index in [1.54, 1.807) is 0 Å². The highest BCUT2D eigenvalue weighted by molar-refractivity contribution is 7.43. The van der Waals surface area contributed by atoms with Crippen molar-refractivity contribution in [2.24, 2.45) is 0 Å². The van der Waals surface area contributed by atoms with E-state index in [2.05, 4.69) is 11.4 Å². The Morgan fingerprint density at radius 2 is 1.57 bits per heavy atom. The molecule has 0 aliphatic heterocycles. The molecule has 0 fully saturated rings. The summed E-state index contributed by atoms with van der Waals surface area (Å²) in [7, 11) is -4.73. The molecule has 0 aromatic heterocycles. The number of hydrogen-bond donors (Lipinski definition) is 1. The molecule has 0 radical (unpaired) electrons. The van der Waals surface area contributed by atoms with Gasteiger partial charge in [-0.05, 0) is 6.42 Å². The second kappa shape index (κ2) is 9.62. The van der Waals surface area contributed by atoms with E-state index < -0.39 is 7.82 Å². The van der Waals surface area contributed by atoms with Crippen molar-refractivity contribution in [3.8, 4) is 0 Å². The number of phosphoric ester groups is 1. The second-order valence-corrected chi connectivity index (χ2v) is 4.20. The predicted molar refractivity (Wildman–Crippen MR) is 52.9 cm³/mol. The summed E-state index contributed by atoms with van der Waals surface area (Å²) in [4.78, 5) is 20.0. The first kappa shape index (κ1) is 16.5. The molecule has 0 spiro atoms. The van der Waals surface area contributed by atoms with Gasteiger partial charge in [0.2, 0.25) is 0 Å². The molecule has 0 unspecified atom stereocenters. The molecule has 0 heterocycles. The quantitative estimate of drug-likeness (QED) is 0.500. The van der Waals surface area contributed by atoms with Crippen molar-refractivity contribution >= 4 is 7.82 Å². The maximum atomic E-state index is 10.0. The van der Waals surface area contributed by atoms with Crippen molar-refractivity contribution in [2.45, 2.75) is 45.4 Å². The standard InChI is InChI=1S/C8H19O4P.H3N/c1-2-3-4-5-6-7-8-12-13(9,10)11;/h2-8H2,1H3,(H2,9,10,11);1H3/p-1. The lowest BCUT2D eigenvalue weighted by Crippen LogP contribution is -2.16. The van der Waals surface area contributed by atoms with Crippen LogP contribution in [0.15, 0.2) is 0 Å². The largest absolute Gasteiger partial charge is 0.790 e. The van der Waals surface area contributed by atoms with Crippen molar-refractivity contribution in [1.82, 2.24) is 6.15 Å². The molecule has 0 rings (SSSR count). The number of phosphoric acid groups is 1. The van der Waals surface area contributed by atoms with Crippen molar-refractivity contribution in [3.63, 3.8) is 0 Å². The zero-order valence-electron chi connectivity index (χ0n) is 9.03. The zero-order chi connectivity index (χ0) is 10.2. The molecule has 6 heteroatoms. The third kappa shape index (κ3) is 14.6. The molecule has 0 aliphatic rings. The smallest absolute Gasteiger partial charge is 0.0596 e. The minimum absolute atomic E-state index is 0. The monoisotopic (exact) mass is 226 g/mol. The Bertz CT molecular complexity index is 159. The molecule has 88 valence electrons. The Kier molecular flexibility index (Phi) is 11.3. The van der Waals surface area contributed by atoms with Crippen LogP contribution in [0.3, 0.4) is 0 Å². The molecule has 0 atom stereocenters. The summed E-state index contributed by atoms with van der Waals surface area (Å²) in [5.41, 5.74) is 0. The topological polar surface area (TPSA) is 109 Å². The van der Waals surface area contributed by atoms with Gasteiger partial charge in [0.1, 0.15) is 0 Å². The number of unbranched alkanes of at least 4 members (excludes halogenated alkanes) is 5. The van der Waals surface area contributed by atoms with Crippen LogP contribution in [-0.2, 0) is 9.09 Å². The molecule has 0 aliphatic carbocycles. The lowest BCUT2D eigenvalue weighted by molar-refractivity contribution is -0.341. The van der Waals surface area contributed by atoms with Crippen molar-refractivity contribution in [3.05, 3.63) is 0 Å². The predicted octanol–water partition coefficient (Wildman–Crippen LogP) is 1.57. The van der Waals surface area contributed by atoms with E-state index in [4.69, 9.17) is 0 Å². The lowest BCUT2D eigenvalue weighted by Gasteiger charge is -2.28. The van der Waals surface area contributed by atoms with E-state index in [1.807, 2.05) is 0 Å². The van der Waals surface area contributed by atoms with E-state index >= 15 is 0 Å².